The van der Waals surface area contributed by atoms with E-state index in [0.29, 0.717) is 73.6 Å². The van der Waals surface area contributed by atoms with Gasteiger partial charge in [-0.2, -0.15) is 5.10 Å². The van der Waals surface area contributed by atoms with Crippen LogP contribution >= 0.6 is 11.3 Å². The molecule has 0 atom stereocenters. The van der Waals surface area contributed by atoms with Gasteiger partial charge in [0, 0.05) is 64.6 Å². The summed E-state index contributed by atoms with van der Waals surface area (Å²) < 4.78 is 64.6. The van der Waals surface area contributed by atoms with Gasteiger partial charge in [0.05, 0.1) is 28.9 Å². The van der Waals surface area contributed by atoms with Crippen LogP contribution < -0.4 is 4.90 Å². The van der Waals surface area contributed by atoms with Gasteiger partial charge < -0.3 is 14.5 Å². The molecule has 0 radical (unpaired) electrons. The first-order valence-corrected chi connectivity index (χ1v) is 21.6. The van der Waals surface area contributed by atoms with Crippen LogP contribution in [0.4, 0.5) is 14.5 Å². The van der Waals surface area contributed by atoms with Crippen molar-refractivity contribution in [3.8, 4) is 10.7 Å². The van der Waals surface area contributed by atoms with Gasteiger partial charge in [0.15, 0.2) is 10.0 Å². The van der Waals surface area contributed by atoms with E-state index in [1.54, 1.807) is 17.8 Å². The molecule has 3 aromatic rings. The quantitative estimate of drug-likeness (QED) is 0.111. The van der Waals surface area contributed by atoms with Gasteiger partial charge in [0.2, 0.25) is 5.91 Å². The summed E-state index contributed by atoms with van der Waals surface area (Å²) in [6.45, 7) is 20.9. The highest BCUT2D eigenvalue weighted by atomic mass is 32.2. The fourth-order valence-corrected chi connectivity index (χ4v) is 9.47. The number of anilines is 1. The monoisotopic (exact) mass is 706 g/mol. The second kappa shape index (κ2) is 11.8. The number of amides is 1. The zero-order valence-electron chi connectivity index (χ0n) is 27.5. The maximum atomic E-state index is 14.5. The van der Waals surface area contributed by atoms with E-state index in [0.717, 1.165) is 6.04 Å². The molecular weight excluding hydrogens is 667 g/mol. The number of alkyl halides is 2. The average molecular weight is 707 g/mol. The number of nitrogens with zero attached hydrogens (tertiary/aromatic N) is 8. The number of aryl methyl sites for hydroxylation is 1. The molecule has 1 spiro atoms. The fourth-order valence-electron chi connectivity index (χ4n) is 6.35. The molecule has 6 rings (SSSR count). The van der Waals surface area contributed by atoms with Gasteiger partial charge in [-0.1, -0.05) is 49.1 Å². The summed E-state index contributed by atoms with van der Waals surface area (Å²) in [5, 5.41) is 12.3. The third-order valence-corrected chi connectivity index (χ3v) is 13.6. The Balaban J connectivity index is 1.40. The minimum absolute atomic E-state index is 0.0391. The topological polar surface area (TPSA) is 118 Å². The molecule has 1 aromatic carbocycles. The van der Waals surface area contributed by atoms with Crippen molar-refractivity contribution in [3.05, 3.63) is 28.6 Å². The van der Waals surface area contributed by atoms with Crippen molar-refractivity contribution in [2.24, 2.45) is 18.4 Å². The van der Waals surface area contributed by atoms with E-state index in [4.69, 9.17) is 11.3 Å². The maximum Gasteiger partial charge on any atom is 0.303 e. The third-order valence-electron chi connectivity index (χ3n) is 9.14. The van der Waals surface area contributed by atoms with Crippen molar-refractivity contribution >= 4 is 51.9 Å². The van der Waals surface area contributed by atoms with E-state index in [9.17, 15) is 22.0 Å². The predicted molar refractivity (Wildman–Crippen MR) is 177 cm³/mol. The number of carbonyl (C=O) groups is 1. The smallest absolute Gasteiger partial charge is 0.303 e. The summed E-state index contributed by atoms with van der Waals surface area (Å²) in [4.78, 5) is 20.2. The molecule has 4 heterocycles. The van der Waals surface area contributed by atoms with E-state index in [-0.39, 0.29) is 39.6 Å². The summed E-state index contributed by atoms with van der Waals surface area (Å²) in [7, 11) is -3.99. The van der Waals surface area contributed by atoms with Crippen molar-refractivity contribution in [2.45, 2.75) is 69.4 Å². The highest BCUT2D eigenvalue weighted by Crippen LogP contribution is 2.49. The molecule has 17 heteroatoms. The number of fused-ring (bicyclic) bond motifs is 1. The van der Waals surface area contributed by atoms with Gasteiger partial charge in [-0.3, -0.25) is 14.3 Å². The van der Waals surface area contributed by atoms with Gasteiger partial charge in [-0.15, -0.1) is 10.2 Å². The summed E-state index contributed by atoms with van der Waals surface area (Å²) in [6, 6.07) is 3.96. The minimum atomic E-state index is -4.27. The number of benzene rings is 1. The summed E-state index contributed by atoms with van der Waals surface area (Å²) >= 11 is 0.711. The first-order chi connectivity index (χ1) is 22.0. The lowest BCUT2D eigenvalue weighted by Crippen LogP contribution is -2.73. The summed E-state index contributed by atoms with van der Waals surface area (Å²) in [5.41, 5.74) is 0.197. The summed E-state index contributed by atoms with van der Waals surface area (Å²) in [5.74, 6) is 0.0264. The molecular formula is C30H40F2N8O4S2Si. The predicted octanol–water partition coefficient (Wildman–Crippen LogP) is 5.05. The first-order valence-electron chi connectivity index (χ1n) is 15.6. The Morgan fingerprint density at radius 2 is 1.85 bits per heavy atom. The lowest BCUT2D eigenvalue weighted by Gasteiger charge is -2.61. The Morgan fingerprint density at radius 3 is 2.40 bits per heavy atom. The standard InChI is InChI=1S/C30H40F2N8O4S2Si/c1-19(2)28(41)39-16-29(17-39)14-38(15-29)22-13-20(12-21-23(36-37(4)24(21)22)26-34-35-27(45-26)25(31)32)46(42,43)40(30(33-3)8-9-30)18-44-10-11-47(5,6)7/h12-13,19,25H,8-11,14-18H2,1-2,4-7H3. The molecule has 1 saturated carbocycles. The Morgan fingerprint density at radius 1 is 1.17 bits per heavy atom. The molecule has 2 saturated heterocycles. The van der Waals surface area contributed by atoms with Crippen molar-refractivity contribution in [1.82, 2.24) is 29.2 Å². The molecule has 0 bridgehead atoms. The molecule has 1 aliphatic carbocycles. The van der Waals surface area contributed by atoms with E-state index in [2.05, 4.69) is 44.7 Å². The third kappa shape index (κ3) is 6.18. The van der Waals surface area contributed by atoms with Crippen LogP contribution in [0.2, 0.25) is 25.7 Å². The van der Waals surface area contributed by atoms with Crippen LogP contribution in [0.25, 0.3) is 26.4 Å². The molecule has 3 aliphatic rings. The fraction of sp³-hybridized carbons (Fsp3) is 0.633. The molecule has 1 amide bonds. The number of rotatable bonds is 12. The van der Waals surface area contributed by atoms with E-state index < -0.39 is 35.2 Å². The molecule has 2 aliphatic heterocycles. The maximum absolute atomic E-state index is 14.5. The molecule has 0 N–H and O–H groups in total. The Bertz CT molecular complexity index is 1850. The number of hydrogen-bond donors (Lipinski definition) is 0. The van der Waals surface area contributed by atoms with Crippen molar-refractivity contribution in [2.75, 3.05) is 44.4 Å². The molecule has 2 aromatic heterocycles. The highest BCUT2D eigenvalue weighted by Gasteiger charge is 2.61. The van der Waals surface area contributed by atoms with Crippen LogP contribution in [0.5, 0.6) is 0 Å². The Hall–Kier alpha value is -3.04. The lowest BCUT2D eigenvalue weighted by atomic mass is 9.72. The second-order valence-corrected chi connectivity index (χ2v) is 23.1. The van der Waals surface area contributed by atoms with Gasteiger partial charge >= 0.3 is 5.66 Å². The number of sulfonamides is 1. The molecule has 254 valence electrons. The minimum Gasteiger partial charge on any atom is -0.368 e. The van der Waals surface area contributed by atoms with Crippen molar-refractivity contribution in [3.63, 3.8) is 0 Å². The zero-order valence-corrected chi connectivity index (χ0v) is 30.1. The SMILES string of the molecule is [C-]#[N+]C1(N(COCC[Si](C)(C)C)S(=O)(=O)c2cc(N3CC4(CN(C(=O)C(C)C)C4)C3)c3c(c2)c(-c2nnc(C(F)F)s2)nn3C)CC1. The van der Waals surface area contributed by atoms with Crippen LogP contribution in [0, 0.1) is 17.9 Å². The van der Waals surface area contributed by atoms with Crippen LogP contribution in [0.3, 0.4) is 0 Å². The van der Waals surface area contributed by atoms with E-state index in [1.165, 1.54) is 10.4 Å². The molecule has 47 heavy (non-hydrogen) atoms. The average Bonchev–Trinajstić information content (AvgIpc) is 3.43. The Labute approximate surface area is 278 Å². The van der Waals surface area contributed by atoms with Gasteiger partial charge in [0.1, 0.15) is 12.4 Å². The number of ether oxygens (including phenoxy) is 1. The first kappa shape index (κ1) is 33.8. The van der Waals surface area contributed by atoms with Gasteiger partial charge in [-0.25, -0.2) is 23.8 Å². The van der Waals surface area contributed by atoms with Gasteiger partial charge in [-0.05, 0) is 18.2 Å². The molecule has 12 nitrogen and oxygen atoms in total. The van der Waals surface area contributed by atoms with Gasteiger partial charge in [0.25, 0.3) is 16.4 Å². The second-order valence-electron chi connectivity index (χ2n) is 14.6. The number of likely N-dealkylation sites (tertiary alicyclic amines) is 1. The van der Waals surface area contributed by atoms with E-state index in [1.807, 2.05) is 18.7 Å². The zero-order chi connectivity index (χ0) is 34.1. The number of hydrogen-bond acceptors (Lipinski definition) is 9. The summed E-state index contributed by atoms with van der Waals surface area (Å²) in [6.07, 6.45) is -1.99. The normalized spacial score (nSPS) is 18.7. The van der Waals surface area contributed by atoms with Crippen molar-refractivity contribution < 1.29 is 26.7 Å². The lowest BCUT2D eigenvalue weighted by molar-refractivity contribution is -0.148. The largest absolute Gasteiger partial charge is 0.368 e. The van der Waals surface area contributed by atoms with Crippen LogP contribution in [0.1, 0.15) is 38.1 Å². The van der Waals surface area contributed by atoms with Crippen LogP contribution in [0.15, 0.2) is 17.0 Å². The van der Waals surface area contributed by atoms with E-state index >= 15 is 0 Å². The van der Waals surface area contributed by atoms with Crippen LogP contribution in [-0.4, -0.2) is 96.8 Å². The highest BCUT2D eigenvalue weighted by molar-refractivity contribution is 7.89. The molecule has 3 fully saturated rings. The number of aromatic nitrogens is 4. The van der Waals surface area contributed by atoms with Crippen LogP contribution in [-0.2, 0) is 26.6 Å². The van der Waals surface area contributed by atoms with Crippen molar-refractivity contribution in [1.29, 1.82) is 0 Å². The Kier molecular flexibility index (Phi) is 8.52. The number of halogens is 2. The number of carbonyl (C=O) groups excluding carboxylic acids is 1. The molecule has 0 unspecified atom stereocenters.